The summed E-state index contributed by atoms with van der Waals surface area (Å²) < 4.78 is 5.62. The van der Waals surface area contributed by atoms with Crippen LogP contribution < -0.4 is 10.6 Å². The molecular formula is C19H18N4O3S. The minimum atomic E-state index is -0.192. The Labute approximate surface area is 160 Å². The first kappa shape index (κ1) is 18.7. The molecule has 2 aromatic carbocycles. The standard InChI is InChI=1S/C19H18N4O3S/c1-12-5-3-4-6-16(12)18-22-23-19(26-18)27-11-17(25)21-15-9-7-14(8-10-15)20-13(2)24/h3-10H,11H2,1-2H3,(H,20,24)(H,21,25). The van der Waals surface area contributed by atoms with E-state index in [1.807, 2.05) is 31.2 Å². The molecule has 0 atom stereocenters. The first-order valence-electron chi connectivity index (χ1n) is 8.21. The maximum absolute atomic E-state index is 12.1. The second-order valence-corrected chi connectivity index (χ2v) is 6.71. The van der Waals surface area contributed by atoms with Crippen LogP contribution in [0.5, 0.6) is 0 Å². The van der Waals surface area contributed by atoms with E-state index in [-0.39, 0.29) is 17.6 Å². The molecule has 0 aliphatic carbocycles. The maximum Gasteiger partial charge on any atom is 0.277 e. The second-order valence-electron chi connectivity index (χ2n) is 5.78. The average molecular weight is 382 g/mol. The number of carbonyl (C=O) groups is 2. The minimum Gasteiger partial charge on any atom is -0.411 e. The third-order valence-electron chi connectivity index (χ3n) is 3.60. The van der Waals surface area contributed by atoms with Crippen molar-refractivity contribution in [3.63, 3.8) is 0 Å². The summed E-state index contributed by atoms with van der Waals surface area (Å²) in [7, 11) is 0. The summed E-state index contributed by atoms with van der Waals surface area (Å²) >= 11 is 1.17. The number of nitrogens with one attached hydrogen (secondary N) is 2. The monoisotopic (exact) mass is 382 g/mol. The number of nitrogens with zero attached hydrogens (tertiary/aromatic N) is 2. The number of aryl methyl sites for hydroxylation is 1. The molecule has 0 fully saturated rings. The van der Waals surface area contributed by atoms with Crippen molar-refractivity contribution in [3.8, 4) is 11.5 Å². The Balaban J connectivity index is 1.54. The molecule has 0 radical (unpaired) electrons. The van der Waals surface area contributed by atoms with Crippen LogP contribution in [0.2, 0.25) is 0 Å². The van der Waals surface area contributed by atoms with E-state index < -0.39 is 0 Å². The molecule has 2 N–H and O–H groups in total. The lowest BCUT2D eigenvalue weighted by Crippen LogP contribution is -2.14. The summed E-state index contributed by atoms with van der Waals surface area (Å²) in [6.45, 7) is 3.41. The van der Waals surface area contributed by atoms with Gasteiger partial charge in [0, 0.05) is 23.9 Å². The maximum atomic E-state index is 12.1. The average Bonchev–Trinajstić information content (AvgIpc) is 3.10. The van der Waals surface area contributed by atoms with Crippen LogP contribution in [-0.2, 0) is 9.59 Å². The van der Waals surface area contributed by atoms with E-state index in [1.54, 1.807) is 24.3 Å². The lowest BCUT2D eigenvalue weighted by Gasteiger charge is -2.06. The molecule has 2 amide bonds. The van der Waals surface area contributed by atoms with Crippen LogP contribution in [0.15, 0.2) is 58.2 Å². The predicted molar refractivity (Wildman–Crippen MR) is 105 cm³/mol. The van der Waals surface area contributed by atoms with E-state index in [2.05, 4.69) is 20.8 Å². The number of benzene rings is 2. The molecule has 0 spiro atoms. The van der Waals surface area contributed by atoms with Crippen LogP contribution in [-0.4, -0.2) is 27.8 Å². The van der Waals surface area contributed by atoms with Crippen molar-refractivity contribution < 1.29 is 14.0 Å². The van der Waals surface area contributed by atoms with Crippen LogP contribution in [0, 0.1) is 6.92 Å². The third-order valence-corrected chi connectivity index (χ3v) is 4.42. The van der Waals surface area contributed by atoms with Gasteiger partial charge in [0.1, 0.15) is 0 Å². The normalized spacial score (nSPS) is 10.4. The number of hydrogen-bond acceptors (Lipinski definition) is 6. The molecule has 0 aliphatic rings. The molecule has 7 nitrogen and oxygen atoms in total. The van der Waals surface area contributed by atoms with E-state index >= 15 is 0 Å². The SMILES string of the molecule is CC(=O)Nc1ccc(NC(=O)CSc2nnc(-c3ccccc3C)o2)cc1. The fourth-order valence-corrected chi connectivity index (χ4v) is 2.92. The Hall–Kier alpha value is -3.13. The highest BCUT2D eigenvalue weighted by molar-refractivity contribution is 7.99. The highest BCUT2D eigenvalue weighted by Crippen LogP contribution is 2.25. The van der Waals surface area contributed by atoms with E-state index in [4.69, 9.17) is 4.42 Å². The van der Waals surface area contributed by atoms with Crippen LogP contribution in [0.25, 0.3) is 11.5 Å². The van der Waals surface area contributed by atoms with Gasteiger partial charge in [-0.1, -0.05) is 30.0 Å². The zero-order chi connectivity index (χ0) is 19.2. The smallest absolute Gasteiger partial charge is 0.277 e. The van der Waals surface area contributed by atoms with Crippen molar-refractivity contribution in [2.24, 2.45) is 0 Å². The van der Waals surface area contributed by atoms with Gasteiger partial charge in [-0.3, -0.25) is 9.59 Å². The van der Waals surface area contributed by atoms with Gasteiger partial charge >= 0.3 is 0 Å². The van der Waals surface area contributed by atoms with E-state index in [0.717, 1.165) is 11.1 Å². The Morgan fingerprint density at radius 3 is 2.33 bits per heavy atom. The van der Waals surface area contributed by atoms with Gasteiger partial charge < -0.3 is 15.1 Å². The van der Waals surface area contributed by atoms with Gasteiger partial charge in [0.2, 0.25) is 17.7 Å². The van der Waals surface area contributed by atoms with Crippen molar-refractivity contribution in [1.29, 1.82) is 0 Å². The molecule has 0 saturated heterocycles. The summed E-state index contributed by atoms with van der Waals surface area (Å²) in [5, 5.41) is 13.8. The number of thioether (sulfide) groups is 1. The molecule has 138 valence electrons. The molecule has 0 aliphatic heterocycles. The molecular weight excluding hydrogens is 364 g/mol. The summed E-state index contributed by atoms with van der Waals surface area (Å²) in [5.74, 6) is 0.239. The van der Waals surface area contributed by atoms with Crippen molar-refractivity contribution in [2.75, 3.05) is 16.4 Å². The molecule has 27 heavy (non-hydrogen) atoms. The summed E-state index contributed by atoms with van der Waals surface area (Å²) in [4.78, 5) is 23.1. The number of hydrogen-bond donors (Lipinski definition) is 2. The number of anilines is 2. The zero-order valence-corrected chi connectivity index (χ0v) is 15.7. The van der Waals surface area contributed by atoms with Crippen LogP contribution >= 0.6 is 11.8 Å². The Morgan fingerprint density at radius 1 is 1.00 bits per heavy atom. The zero-order valence-electron chi connectivity index (χ0n) is 14.9. The van der Waals surface area contributed by atoms with Crippen LogP contribution in [0.3, 0.4) is 0 Å². The van der Waals surface area contributed by atoms with Crippen molar-refractivity contribution in [1.82, 2.24) is 10.2 Å². The quantitative estimate of drug-likeness (QED) is 0.631. The predicted octanol–water partition coefficient (Wildman–Crippen LogP) is 3.73. The Kier molecular flexibility index (Phi) is 5.87. The van der Waals surface area contributed by atoms with Gasteiger partial charge in [-0.15, -0.1) is 10.2 Å². The molecule has 0 saturated carbocycles. The highest BCUT2D eigenvalue weighted by Gasteiger charge is 2.12. The summed E-state index contributed by atoms with van der Waals surface area (Å²) in [5.41, 5.74) is 3.23. The Bertz CT molecular complexity index is 954. The first-order valence-corrected chi connectivity index (χ1v) is 9.19. The summed E-state index contributed by atoms with van der Waals surface area (Å²) in [6, 6.07) is 14.6. The molecule has 3 aromatic rings. The topological polar surface area (TPSA) is 97.1 Å². The second kappa shape index (κ2) is 8.50. The lowest BCUT2D eigenvalue weighted by atomic mass is 10.1. The number of amides is 2. The van der Waals surface area contributed by atoms with Gasteiger partial charge in [0.05, 0.1) is 5.75 Å². The summed E-state index contributed by atoms with van der Waals surface area (Å²) in [6.07, 6.45) is 0. The third kappa shape index (κ3) is 5.18. The van der Waals surface area contributed by atoms with Gasteiger partial charge in [0.15, 0.2) is 0 Å². The number of carbonyl (C=O) groups excluding carboxylic acids is 2. The minimum absolute atomic E-state index is 0.142. The molecule has 0 unspecified atom stereocenters. The molecule has 8 heteroatoms. The van der Waals surface area contributed by atoms with Gasteiger partial charge in [-0.2, -0.15) is 0 Å². The largest absolute Gasteiger partial charge is 0.411 e. The molecule has 3 rings (SSSR count). The van der Waals surface area contributed by atoms with E-state index in [0.29, 0.717) is 22.5 Å². The molecule has 1 heterocycles. The fraction of sp³-hybridized carbons (Fsp3) is 0.158. The van der Waals surface area contributed by atoms with Crippen molar-refractivity contribution in [2.45, 2.75) is 19.1 Å². The fourth-order valence-electron chi connectivity index (χ4n) is 2.35. The van der Waals surface area contributed by atoms with E-state index in [9.17, 15) is 9.59 Å². The van der Waals surface area contributed by atoms with Crippen molar-refractivity contribution in [3.05, 3.63) is 54.1 Å². The van der Waals surface area contributed by atoms with Gasteiger partial charge in [-0.25, -0.2) is 0 Å². The van der Waals surface area contributed by atoms with Crippen LogP contribution in [0.4, 0.5) is 11.4 Å². The number of aromatic nitrogens is 2. The molecule has 1 aromatic heterocycles. The molecule has 0 bridgehead atoms. The van der Waals surface area contributed by atoms with Gasteiger partial charge in [0.25, 0.3) is 5.22 Å². The first-order chi connectivity index (χ1) is 13.0. The lowest BCUT2D eigenvalue weighted by molar-refractivity contribution is -0.114. The van der Waals surface area contributed by atoms with Crippen LogP contribution in [0.1, 0.15) is 12.5 Å². The van der Waals surface area contributed by atoms with Gasteiger partial charge in [-0.05, 0) is 42.8 Å². The van der Waals surface area contributed by atoms with Crippen molar-refractivity contribution >= 4 is 35.0 Å². The van der Waals surface area contributed by atoms with E-state index in [1.165, 1.54) is 18.7 Å². The Morgan fingerprint density at radius 2 is 1.67 bits per heavy atom. The highest BCUT2D eigenvalue weighted by atomic mass is 32.2. The number of rotatable bonds is 6.